The third-order valence-electron chi connectivity index (χ3n) is 3.64. The second kappa shape index (κ2) is 7.75. The molecule has 1 atom stereocenters. The predicted molar refractivity (Wildman–Crippen MR) is 76.3 cm³/mol. The monoisotopic (exact) mass is 281 g/mol. The largest absolute Gasteiger partial charge is 0.480 e. The Bertz CT molecular complexity index is 388. The zero-order valence-electron chi connectivity index (χ0n) is 12.2. The topological polar surface area (TPSA) is 64.1 Å². The summed E-state index contributed by atoms with van der Waals surface area (Å²) >= 11 is 0. The molecule has 0 radical (unpaired) electrons. The third kappa shape index (κ3) is 4.14. The summed E-state index contributed by atoms with van der Waals surface area (Å²) in [6.45, 7) is 7.07. The number of aliphatic carboxylic acids is 1. The van der Waals surface area contributed by atoms with Gasteiger partial charge in [0.15, 0.2) is 0 Å². The quantitative estimate of drug-likeness (QED) is 0.722. The summed E-state index contributed by atoms with van der Waals surface area (Å²) in [5.74, 6) is 1.29. The minimum Gasteiger partial charge on any atom is -0.480 e. The Labute approximate surface area is 120 Å². The second-order valence-corrected chi connectivity index (χ2v) is 4.85. The molecule has 112 valence electrons. The Hall–Kier alpha value is -1.74. The summed E-state index contributed by atoms with van der Waals surface area (Å²) in [7, 11) is 0. The van der Waals surface area contributed by atoms with Crippen LogP contribution in [0.4, 0.5) is 4.79 Å². The van der Waals surface area contributed by atoms with E-state index < -0.39 is 5.97 Å². The highest BCUT2D eigenvalue weighted by molar-refractivity contribution is 5.80. The van der Waals surface area contributed by atoms with Crippen LogP contribution in [0.3, 0.4) is 0 Å². The van der Waals surface area contributed by atoms with E-state index in [-0.39, 0.29) is 19.1 Å². The van der Waals surface area contributed by atoms with Gasteiger partial charge in [-0.25, -0.2) is 4.79 Å². The fourth-order valence-corrected chi connectivity index (χ4v) is 2.62. The van der Waals surface area contributed by atoms with Gasteiger partial charge in [-0.2, -0.15) is 0 Å². The van der Waals surface area contributed by atoms with Crippen LogP contribution >= 0.6 is 0 Å². The Kier molecular flexibility index (Phi) is 6.32. The molecule has 2 amide bonds. The molecule has 0 aromatic heterocycles. The van der Waals surface area contributed by atoms with Gasteiger partial charge in [-0.3, -0.25) is 9.69 Å². The summed E-state index contributed by atoms with van der Waals surface area (Å²) in [6, 6.07) is 0.0754. The molecule has 0 aliphatic carbocycles. The number of likely N-dealkylation sites (tertiary alicyclic amines) is 1. The number of amides is 2. The van der Waals surface area contributed by atoms with Crippen LogP contribution in [0.1, 0.15) is 20.3 Å². The van der Waals surface area contributed by atoms with E-state index in [0.717, 1.165) is 19.5 Å². The molecule has 0 bridgehead atoms. The van der Waals surface area contributed by atoms with Crippen molar-refractivity contribution >= 4 is 12.0 Å². The van der Waals surface area contributed by atoms with E-state index in [1.165, 1.54) is 4.90 Å². The van der Waals surface area contributed by atoms with Crippen molar-refractivity contribution in [2.24, 2.45) is 0 Å². The molecule has 0 saturated carbocycles. The normalized spacial score (nSPS) is 18.1. The van der Waals surface area contributed by atoms with Crippen molar-refractivity contribution in [3.05, 3.63) is 0 Å². The number of likely N-dealkylation sites (N-methyl/N-ethyl adjacent to an activating group) is 1. The van der Waals surface area contributed by atoms with Crippen molar-refractivity contribution in [3.8, 4) is 12.3 Å². The van der Waals surface area contributed by atoms with Crippen LogP contribution in [0.15, 0.2) is 0 Å². The molecule has 1 aliphatic rings. The van der Waals surface area contributed by atoms with E-state index >= 15 is 0 Å². The highest BCUT2D eigenvalue weighted by Gasteiger charge is 2.31. The van der Waals surface area contributed by atoms with E-state index in [1.807, 2.05) is 0 Å². The summed E-state index contributed by atoms with van der Waals surface area (Å²) in [5, 5.41) is 8.83. The Morgan fingerprint density at radius 1 is 1.40 bits per heavy atom. The standard InChI is InChI=1S/C14H23N3O3/c1-4-8-16(11-13(18)19)14(20)17-9-7-12(10-17)15(5-2)6-3/h1,12H,5-11H2,2-3H3,(H,18,19). The summed E-state index contributed by atoms with van der Waals surface area (Å²) in [5.41, 5.74) is 0. The molecule has 1 saturated heterocycles. The first kappa shape index (κ1) is 16.3. The number of carbonyl (C=O) groups excluding carboxylic acids is 1. The van der Waals surface area contributed by atoms with Crippen molar-refractivity contribution in [3.63, 3.8) is 0 Å². The number of hydrogen-bond acceptors (Lipinski definition) is 3. The fourth-order valence-electron chi connectivity index (χ4n) is 2.62. The maximum absolute atomic E-state index is 12.3. The molecule has 1 aliphatic heterocycles. The zero-order valence-corrected chi connectivity index (χ0v) is 12.2. The van der Waals surface area contributed by atoms with Gasteiger partial charge >= 0.3 is 12.0 Å². The molecule has 1 N–H and O–H groups in total. The number of carbonyl (C=O) groups is 2. The molecule has 0 aromatic rings. The average Bonchev–Trinajstić information content (AvgIpc) is 2.88. The van der Waals surface area contributed by atoms with Gasteiger partial charge in [-0.1, -0.05) is 19.8 Å². The maximum Gasteiger partial charge on any atom is 0.323 e. The molecule has 0 aromatic carbocycles. The molecular weight excluding hydrogens is 258 g/mol. The first-order chi connectivity index (χ1) is 9.53. The molecule has 1 rings (SSSR count). The Morgan fingerprint density at radius 2 is 2.05 bits per heavy atom. The van der Waals surface area contributed by atoms with Gasteiger partial charge in [0.1, 0.15) is 6.54 Å². The highest BCUT2D eigenvalue weighted by Crippen LogP contribution is 2.17. The first-order valence-corrected chi connectivity index (χ1v) is 6.96. The number of hydrogen-bond donors (Lipinski definition) is 1. The lowest BCUT2D eigenvalue weighted by Crippen LogP contribution is -2.46. The molecule has 0 spiro atoms. The molecule has 1 fully saturated rings. The van der Waals surface area contributed by atoms with Gasteiger partial charge in [0, 0.05) is 19.1 Å². The number of terminal acetylenes is 1. The van der Waals surface area contributed by atoms with Crippen molar-refractivity contribution in [2.45, 2.75) is 26.3 Å². The molecule has 1 unspecified atom stereocenters. The fraction of sp³-hybridized carbons (Fsp3) is 0.714. The third-order valence-corrected chi connectivity index (χ3v) is 3.64. The van der Waals surface area contributed by atoms with E-state index in [4.69, 9.17) is 11.5 Å². The minimum atomic E-state index is -1.05. The van der Waals surface area contributed by atoms with Crippen molar-refractivity contribution < 1.29 is 14.7 Å². The van der Waals surface area contributed by atoms with Crippen molar-refractivity contribution in [1.29, 1.82) is 0 Å². The lowest BCUT2D eigenvalue weighted by atomic mass is 10.2. The van der Waals surface area contributed by atoms with Crippen LogP contribution < -0.4 is 0 Å². The number of carboxylic acids is 1. The lowest BCUT2D eigenvalue weighted by molar-refractivity contribution is -0.137. The minimum absolute atomic E-state index is 0.0254. The smallest absolute Gasteiger partial charge is 0.323 e. The van der Waals surface area contributed by atoms with Gasteiger partial charge < -0.3 is 14.9 Å². The SMILES string of the molecule is C#CCN(CC(=O)O)C(=O)N1CCC(N(CC)CC)C1. The van der Waals surface area contributed by atoms with E-state index in [2.05, 4.69) is 24.7 Å². The Morgan fingerprint density at radius 3 is 2.55 bits per heavy atom. The van der Waals surface area contributed by atoms with Crippen LogP contribution in [-0.2, 0) is 4.79 Å². The molecule has 6 nitrogen and oxygen atoms in total. The van der Waals surface area contributed by atoms with Gasteiger partial charge in [0.05, 0.1) is 6.54 Å². The molecule has 6 heteroatoms. The van der Waals surface area contributed by atoms with Gasteiger partial charge in [0.25, 0.3) is 0 Å². The number of nitrogens with zero attached hydrogens (tertiary/aromatic N) is 3. The van der Waals surface area contributed by atoms with E-state index in [1.54, 1.807) is 4.90 Å². The summed E-state index contributed by atoms with van der Waals surface area (Å²) in [6.07, 6.45) is 6.12. The van der Waals surface area contributed by atoms with Crippen LogP contribution in [0.25, 0.3) is 0 Å². The van der Waals surface area contributed by atoms with Gasteiger partial charge in [0.2, 0.25) is 0 Å². The van der Waals surface area contributed by atoms with E-state index in [0.29, 0.717) is 19.1 Å². The molecule has 1 heterocycles. The van der Waals surface area contributed by atoms with E-state index in [9.17, 15) is 9.59 Å². The zero-order chi connectivity index (χ0) is 15.1. The van der Waals surface area contributed by atoms with Crippen molar-refractivity contribution in [1.82, 2.24) is 14.7 Å². The van der Waals surface area contributed by atoms with Gasteiger partial charge in [-0.15, -0.1) is 6.42 Å². The maximum atomic E-state index is 12.3. The van der Waals surface area contributed by atoms with Crippen LogP contribution in [-0.4, -0.2) is 77.1 Å². The predicted octanol–water partition coefficient (Wildman–Crippen LogP) is 0.542. The average molecular weight is 281 g/mol. The Balaban J connectivity index is 2.63. The van der Waals surface area contributed by atoms with Crippen molar-refractivity contribution in [2.75, 3.05) is 39.3 Å². The number of urea groups is 1. The first-order valence-electron chi connectivity index (χ1n) is 6.96. The summed E-state index contributed by atoms with van der Waals surface area (Å²) < 4.78 is 0. The number of carboxylic acid groups (broad SMARTS) is 1. The summed E-state index contributed by atoms with van der Waals surface area (Å²) in [4.78, 5) is 28.3. The highest BCUT2D eigenvalue weighted by atomic mass is 16.4. The van der Waals surface area contributed by atoms with Crippen LogP contribution in [0, 0.1) is 12.3 Å². The van der Waals surface area contributed by atoms with Crippen LogP contribution in [0.5, 0.6) is 0 Å². The molecular formula is C14H23N3O3. The lowest BCUT2D eigenvalue weighted by Gasteiger charge is -2.28. The molecule has 20 heavy (non-hydrogen) atoms. The number of rotatable bonds is 6. The van der Waals surface area contributed by atoms with Gasteiger partial charge in [-0.05, 0) is 19.5 Å². The van der Waals surface area contributed by atoms with Crippen LogP contribution in [0.2, 0.25) is 0 Å². The second-order valence-electron chi connectivity index (χ2n) is 4.85.